The molecule has 0 saturated heterocycles. The van der Waals surface area contributed by atoms with Crippen molar-refractivity contribution in [3.05, 3.63) is 24.0 Å². The Labute approximate surface area is 88.7 Å². The van der Waals surface area contributed by atoms with E-state index in [0.717, 1.165) is 6.20 Å². The zero-order valence-electron chi connectivity index (χ0n) is 7.84. The van der Waals surface area contributed by atoms with Crippen LogP contribution in [-0.4, -0.2) is 29.1 Å². The first-order valence-corrected chi connectivity index (χ1v) is 3.79. The number of pyridine rings is 1. The highest BCUT2D eigenvalue weighted by molar-refractivity contribution is 5.90. The third-order valence-corrected chi connectivity index (χ3v) is 1.21. The molecule has 6 nitrogen and oxygen atoms in total. The first-order chi connectivity index (χ1) is 7.51. The lowest BCUT2D eigenvalue weighted by molar-refractivity contribution is -0.122. The number of nitrogens with zero attached hydrogens (tertiary/aromatic N) is 1. The zero-order valence-corrected chi connectivity index (χ0v) is 7.84. The summed E-state index contributed by atoms with van der Waals surface area (Å²) >= 11 is 0. The summed E-state index contributed by atoms with van der Waals surface area (Å²) in [4.78, 5) is 22.4. The van der Waals surface area contributed by atoms with Crippen molar-refractivity contribution in [3.63, 3.8) is 0 Å². The van der Waals surface area contributed by atoms with Crippen LogP contribution in [0.5, 0.6) is 5.75 Å². The molecule has 0 aliphatic rings. The summed E-state index contributed by atoms with van der Waals surface area (Å²) in [5.74, 6) is -0.830. The van der Waals surface area contributed by atoms with Gasteiger partial charge in [0, 0.05) is 0 Å². The van der Waals surface area contributed by atoms with E-state index in [1.54, 1.807) is 0 Å². The van der Waals surface area contributed by atoms with Gasteiger partial charge in [-0.1, -0.05) is 0 Å². The number of halogens is 2. The summed E-state index contributed by atoms with van der Waals surface area (Å²) in [6, 6.07) is 2.40. The van der Waals surface area contributed by atoms with Crippen molar-refractivity contribution < 1.29 is 28.2 Å². The Balaban J connectivity index is 0.000000673. The van der Waals surface area contributed by atoms with E-state index in [1.807, 2.05) is 0 Å². The van der Waals surface area contributed by atoms with Crippen molar-refractivity contribution in [1.82, 2.24) is 4.98 Å². The predicted octanol–water partition coefficient (Wildman–Crippen LogP) is 0.483. The maximum Gasteiger partial charge on any atom is 0.387 e. The minimum atomic E-state index is -2.90. The number of amides is 1. The molecule has 0 aromatic carbocycles. The quantitative estimate of drug-likeness (QED) is 0.740. The molecule has 88 valence electrons. The molecule has 1 rings (SSSR count). The highest BCUT2D eigenvalue weighted by Crippen LogP contribution is 2.11. The van der Waals surface area contributed by atoms with Crippen LogP contribution in [0.25, 0.3) is 0 Å². The van der Waals surface area contributed by atoms with E-state index in [2.05, 4.69) is 9.72 Å². The Bertz CT molecular complexity index is 342. The van der Waals surface area contributed by atoms with Crippen LogP contribution in [-0.2, 0) is 4.79 Å². The number of carbonyl (C=O) groups excluding carboxylic acids is 1. The Morgan fingerprint density at radius 2 is 2.12 bits per heavy atom. The maximum absolute atomic E-state index is 11.6. The first kappa shape index (κ1) is 13.8. The summed E-state index contributed by atoms with van der Waals surface area (Å²) < 4.78 is 27.3. The van der Waals surface area contributed by atoms with E-state index in [9.17, 15) is 13.6 Å². The van der Waals surface area contributed by atoms with Crippen molar-refractivity contribution in [2.24, 2.45) is 5.73 Å². The topological polar surface area (TPSA) is 103 Å². The Morgan fingerprint density at radius 3 is 2.44 bits per heavy atom. The molecule has 16 heavy (non-hydrogen) atoms. The number of hydrogen-bond donors (Lipinski definition) is 2. The number of carboxylic acid groups (broad SMARTS) is 1. The molecule has 0 aliphatic carbocycles. The standard InChI is InChI=1S/C7H6F2N2O2.CH2O2/c8-7(9)13-4-1-2-5(6(10)12)11-3-4;2-1-3/h1-3,7H,(H2,10,12);1H,(H,2,3). The molecule has 0 fully saturated rings. The van der Waals surface area contributed by atoms with E-state index in [0.29, 0.717) is 0 Å². The molecule has 3 N–H and O–H groups in total. The van der Waals surface area contributed by atoms with Gasteiger partial charge in [0.05, 0.1) is 6.20 Å². The van der Waals surface area contributed by atoms with Crippen LogP contribution < -0.4 is 10.5 Å². The Morgan fingerprint density at radius 1 is 1.56 bits per heavy atom. The molecule has 0 bridgehead atoms. The summed E-state index contributed by atoms with van der Waals surface area (Å²) in [5.41, 5.74) is 4.88. The van der Waals surface area contributed by atoms with E-state index in [-0.39, 0.29) is 17.9 Å². The second-order valence-corrected chi connectivity index (χ2v) is 2.23. The molecule has 0 unspecified atom stereocenters. The van der Waals surface area contributed by atoms with Gasteiger partial charge < -0.3 is 15.6 Å². The molecule has 0 spiro atoms. The van der Waals surface area contributed by atoms with Crippen LogP contribution in [0.4, 0.5) is 8.78 Å². The minimum Gasteiger partial charge on any atom is -0.483 e. The first-order valence-electron chi connectivity index (χ1n) is 3.79. The molecule has 1 aromatic heterocycles. The van der Waals surface area contributed by atoms with Gasteiger partial charge >= 0.3 is 6.61 Å². The van der Waals surface area contributed by atoms with Crippen LogP contribution in [0.15, 0.2) is 18.3 Å². The monoisotopic (exact) mass is 234 g/mol. The zero-order chi connectivity index (χ0) is 12.6. The highest BCUT2D eigenvalue weighted by Gasteiger charge is 2.05. The average molecular weight is 234 g/mol. The molecule has 0 atom stereocenters. The lowest BCUT2D eigenvalue weighted by Crippen LogP contribution is -2.12. The summed E-state index contributed by atoms with van der Waals surface area (Å²) in [7, 11) is 0. The van der Waals surface area contributed by atoms with Gasteiger partial charge in [-0.3, -0.25) is 9.59 Å². The molecular weight excluding hydrogens is 226 g/mol. The lowest BCUT2D eigenvalue weighted by Gasteiger charge is -2.02. The fourth-order valence-corrected chi connectivity index (χ4v) is 0.699. The van der Waals surface area contributed by atoms with Crippen LogP contribution in [0, 0.1) is 0 Å². The average Bonchev–Trinajstić information content (AvgIpc) is 2.18. The predicted molar refractivity (Wildman–Crippen MR) is 48.1 cm³/mol. The lowest BCUT2D eigenvalue weighted by atomic mass is 10.3. The summed E-state index contributed by atoms with van der Waals surface area (Å²) in [6.45, 7) is -3.15. The maximum atomic E-state index is 11.6. The van der Waals surface area contributed by atoms with Crippen molar-refractivity contribution in [2.75, 3.05) is 0 Å². The van der Waals surface area contributed by atoms with Crippen molar-refractivity contribution >= 4 is 12.4 Å². The molecule has 1 amide bonds. The fourth-order valence-electron chi connectivity index (χ4n) is 0.699. The van der Waals surface area contributed by atoms with Gasteiger partial charge in [0.2, 0.25) is 0 Å². The third kappa shape index (κ3) is 5.47. The van der Waals surface area contributed by atoms with Gasteiger partial charge in [0.1, 0.15) is 11.4 Å². The Kier molecular flexibility index (Phi) is 6.10. The van der Waals surface area contributed by atoms with Crippen molar-refractivity contribution in [2.45, 2.75) is 6.61 Å². The molecule has 8 heteroatoms. The van der Waals surface area contributed by atoms with Gasteiger partial charge in [-0.15, -0.1) is 0 Å². The molecule has 1 heterocycles. The normalized spacial score (nSPS) is 8.94. The van der Waals surface area contributed by atoms with Crippen LogP contribution >= 0.6 is 0 Å². The minimum absolute atomic E-state index is 0.00150. The van der Waals surface area contributed by atoms with Gasteiger partial charge in [-0.25, -0.2) is 4.98 Å². The van der Waals surface area contributed by atoms with Crippen molar-refractivity contribution in [3.8, 4) is 5.75 Å². The number of rotatable bonds is 3. The van der Waals surface area contributed by atoms with E-state index < -0.39 is 12.5 Å². The summed E-state index contributed by atoms with van der Waals surface area (Å²) in [6.07, 6.45) is 1.01. The Hall–Kier alpha value is -2.25. The van der Waals surface area contributed by atoms with Crippen LogP contribution in [0.1, 0.15) is 10.5 Å². The number of nitrogens with two attached hydrogens (primary N) is 1. The number of alkyl halides is 2. The molecule has 0 radical (unpaired) electrons. The largest absolute Gasteiger partial charge is 0.483 e. The van der Waals surface area contributed by atoms with Crippen molar-refractivity contribution in [1.29, 1.82) is 0 Å². The fraction of sp³-hybridized carbons (Fsp3) is 0.125. The molecule has 0 saturated carbocycles. The van der Waals surface area contributed by atoms with Gasteiger partial charge in [0.15, 0.2) is 0 Å². The van der Waals surface area contributed by atoms with E-state index in [4.69, 9.17) is 15.6 Å². The number of aromatic nitrogens is 1. The van der Waals surface area contributed by atoms with E-state index >= 15 is 0 Å². The molecule has 1 aromatic rings. The number of hydrogen-bond acceptors (Lipinski definition) is 4. The van der Waals surface area contributed by atoms with Crippen LogP contribution in [0.3, 0.4) is 0 Å². The number of primary amides is 1. The second kappa shape index (κ2) is 7.10. The number of ether oxygens (including phenoxy) is 1. The SMILES string of the molecule is NC(=O)c1ccc(OC(F)F)cn1.O=CO. The van der Waals surface area contributed by atoms with Crippen LogP contribution in [0.2, 0.25) is 0 Å². The number of carbonyl (C=O) groups is 2. The molecular formula is C8H8F2N2O4. The highest BCUT2D eigenvalue weighted by atomic mass is 19.3. The summed E-state index contributed by atoms with van der Waals surface area (Å²) in [5, 5.41) is 6.89. The van der Waals surface area contributed by atoms with Gasteiger partial charge in [-0.05, 0) is 12.1 Å². The smallest absolute Gasteiger partial charge is 0.387 e. The third-order valence-electron chi connectivity index (χ3n) is 1.21. The van der Waals surface area contributed by atoms with Gasteiger partial charge in [-0.2, -0.15) is 8.78 Å². The van der Waals surface area contributed by atoms with Gasteiger partial charge in [0.25, 0.3) is 12.4 Å². The second-order valence-electron chi connectivity index (χ2n) is 2.23. The van der Waals surface area contributed by atoms with E-state index in [1.165, 1.54) is 12.1 Å². The molecule has 0 aliphatic heterocycles.